The van der Waals surface area contributed by atoms with Gasteiger partial charge in [-0.1, -0.05) is 30.4 Å². The Bertz CT molecular complexity index is 367. The summed E-state index contributed by atoms with van der Waals surface area (Å²) in [6.07, 6.45) is 6.16. The molecule has 0 N–H and O–H groups in total. The van der Waals surface area contributed by atoms with E-state index in [1.807, 2.05) is 12.2 Å². The molecule has 0 bridgehead atoms. The van der Waals surface area contributed by atoms with Gasteiger partial charge in [0, 0.05) is 18.3 Å². The van der Waals surface area contributed by atoms with Crippen molar-refractivity contribution in [1.29, 1.82) is 0 Å². The predicted octanol–water partition coefficient (Wildman–Crippen LogP) is 3.18. The fraction of sp³-hybridized carbons (Fsp3) is 0.286. The van der Waals surface area contributed by atoms with E-state index in [1.165, 1.54) is 11.3 Å². The molecule has 0 spiro atoms. The third-order valence-corrected chi connectivity index (χ3v) is 2.96. The number of nitrogens with zero attached hydrogens (tertiary/aromatic N) is 1. The van der Waals surface area contributed by atoms with Crippen LogP contribution in [0.5, 0.6) is 0 Å². The van der Waals surface area contributed by atoms with Crippen LogP contribution in [0.15, 0.2) is 49.6 Å². The molecule has 1 aliphatic rings. The number of benzene rings is 1. The molecule has 1 atom stereocenters. The van der Waals surface area contributed by atoms with Gasteiger partial charge in [-0.3, -0.25) is 0 Å². The zero-order valence-electron chi connectivity index (χ0n) is 9.02. The van der Waals surface area contributed by atoms with Gasteiger partial charge in [0.25, 0.3) is 0 Å². The maximum absolute atomic E-state index is 3.83. The van der Waals surface area contributed by atoms with Crippen LogP contribution in [0.1, 0.15) is 12.0 Å². The standard InChI is InChI=1S/C14H17N/c1-3-7-13-11-12-8-5-6-9-14(12)15(13)10-4-2/h3-6,8-9,13H,1-2,7,10-11H2. The van der Waals surface area contributed by atoms with Gasteiger partial charge in [0.2, 0.25) is 0 Å². The third-order valence-electron chi connectivity index (χ3n) is 2.96. The Morgan fingerprint density at radius 3 is 2.80 bits per heavy atom. The Labute approximate surface area is 91.7 Å². The summed E-state index contributed by atoms with van der Waals surface area (Å²) >= 11 is 0. The quantitative estimate of drug-likeness (QED) is 0.673. The summed E-state index contributed by atoms with van der Waals surface area (Å²) in [7, 11) is 0. The average molecular weight is 199 g/mol. The molecule has 1 aromatic carbocycles. The Morgan fingerprint density at radius 1 is 1.27 bits per heavy atom. The highest BCUT2D eigenvalue weighted by atomic mass is 15.2. The summed E-state index contributed by atoms with van der Waals surface area (Å²) in [5.74, 6) is 0. The van der Waals surface area contributed by atoms with E-state index < -0.39 is 0 Å². The first-order valence-corrected chi connectivity index (χ1v) is 5.43. The van der Waals surface area contributed by atoms with Crippen LogP contribution in [0.2, 0.25) is 0 Å². The molecule has 1 aromatic rings. The van der Waals surface area contributed by atoms with E-state index in [0.717, 1.165) is 19.4 Å². The summed E-state index contributed by atoms with van der Waals surface area (Å²) in [5, 5.41) is 0. The van der Waals surface area contributed by atoms with E-state index in [0.29, 0.717) is 6.04 Å². The lowest BCUT2D eigenvalue weighted by molar-refractivity contribution is 0.655. The van der Waals surface area contributed by atoms with Crippen molar-refractivity contribution in [3.63, 3.8) is 0 Å². The number of para-hydroxylation sites is 1. The van der Waals surface area contributed by atoms with Gasteiger partial charge in [-0.2, -0.15) is 0 Å². The van der Waals surface area contributed by atoms with Crippen molar-refractivity contribution in [1.82, 2.24) is 0 Å². The highest BCUT2D eigenvalue weighted by Gasteiger charge is 2.26. The van der Waals surface area contributed by atoms with Gasteiger partial charge < -0.3 is 4.90 Å². The van der Waals surface area contributed by atoms with Gasteiger partial charge in [-0.05, 0) is 24.5 Å². The van der Waals surface area contributed by atoms with Crippen molar-refractivity contribution in [3.8, 4) is 0 Å². The van der Waals surface area contributed by atoms with Gasteiger partial charge >= 0.3 is 0 Å². The second-order valence-corrected chi connectivity index (χ2v) is 3.95. The minimum atomic E-state index is 0.567. The summed E-state index contributed by atoms with van der Waals surface area (Å²) in [5.41, 5.74) is 2.82. The lowest BCUT2D eigenvalue weighted by Gasteiger charge is -2.25. The number of hydrogen-bond donors (Lipinski definition) is 0. The lowest BCUT2D eigenvalue weighted by atomic mass is 10.1. The largest absolute Gasteiger partial charge is 0.364 e. The zero-order valence-corrected chi connectivity index (χ0v) is 9.02. The molecule has 78 valence electrons. The van der Waals surface area contributed by atoms with E-state index in [9.17, 15) is 0 Å². The van der Waals surface area contributed by atoms with Crippen molar-refractivity contribution < 1.29 is 0 Å². The van der Waals surface area contributed by atoms with E-state index in [2.05, 4.69) is 42.3 Å². The van der Waals surface area contributed by atoms with E-state index in [1.54, 1.807) is 0 Å². The highest BCUT2D eigenvalue weighted by Crippen LogP contribution is 2.33. The highest BCUT2D eigenvalue weighted by molar-refractivity contribution is 5.59. The van der Waals surface area contributed by atoms with Gasteiger partial charge in [-0.25, -0.2) is 0 Å². The molecule has 1 unspecified atom stereocenters. The first kappa shape index (κ1) is 10.0. The Kier molecular flexibility index (Phi) is 2.91. The van der Waals surface area contributed by atoms with Crippen LogP contribution < -0.4 is 4.90 Å². The summed E-state index contributed by atoms with van der Waals surface area (Å²) < 4.78 is 0. The fourth-order valence-electron chi connectivity index (χ4n) is 2.31. The van der Waals surface area contributed by atoms with Crippen LogP contribution in [-0.2, 0) is 6.42 Å². The van der Waals surface area contributed by atoms with Crippen LogP contribution in [0.25, 0.3) is 0 Å². The average Bonchev–Trinajstić information content (AvgIpc) is 2.59. The fourth-order valence-corrected chi connectivity index (χ4v) is 2.31. The van der Waals surface area contributed by atoms with Crippen molar-refractivity contribution >= 4 is 5.69 Å². The molecular weight excluding hydrogens is 182 g/mol. The monoisotopic (exact) mass is 199 g/mol. The molecule has 2 rings (SSSR count). The van der Waals surface area contributed by atoms with Crippen LogP contribution in [0.4, 0.5) is 5.69 Å². The summed E-state index contributed by atoms with van der Waals surface area (Å²) in [6, 6.07) is 9.20. The molecule has 0 aromatic heterocycles. The summed E-state index contributed by atoms with van der Waals surface area (Å²) in [6.45, 7) is 8.58. The SMILES string of the molecule is C=CCC1Cc2ccccc2N1CC=C. The zero-order chi connectivity index (χ0) is 10.7. The second-order valence-electron chi connectivity index (χ2n) is 3.95. The van der Waals surface area contributed by atoms with Crippen molar-refractivity contribution in [2.75, 3.05) is 11.4 Å². The smallest absolute Gasteiger partial charge is 0.0405 e. The predicted molar refractivity (Wildman–Crippen MR) is 66.3 cm³/mol. The molecule has 0 amide bonds. The molecule has 1 aliphatic heterocycles. The number of hydrogen-bond acceptors (Lipinski definition) is 1. The summed E-state index contributed by atoms with van der Waals surface area (Å²) in [4.78, 5) is 2.42. The first-order chi connectivity index (χ1) is 7.36. The molecule has 15 heavy (non-hydrogen) atoms. The van der Waals surface area contributed by atoms with E-state index >= 15 is 0 Å². The Balaban J connectivity index is 2.28. The topological polar surface area (TPSA) is 3.24 Å². The molecule has 0 saturated heterocycles. The Hall–Kier alpha value is -1.50. The maximum Gasteiger partial charge on any atom is 0.0405 e. The van der Waals surface area contributed by atoms with Gasteiger partial charge in [0.1, 0.15) is 0 Å². The molecule has 0 radical (unpaired) electrons. The molecule has 0 fully saturated rings. The van der Waals surface area contributed by atoms with Gasteiger partial charge in [-0.15, -0.1) is 13.2 Å². The number of rotatable bonds is 4. The molecule has 0 saturated carbocycles. The molecule has 1 heteroatoms. The number of fused-ring (bicyclic) bond motifs is 1. The van der Waals surface area contributed by atoms with Crippen LogP contribution in [-0.4, -0.2) is 12.6 Å². The van der Waals surface area contributed by atoms with Crippen molar-refractivity contribution in [3.05, 3.63) is 55.1 Å². The Morgan fingerprint density at radius 2 is 2.07 bits per heavy atom. The van der Waals surface area contributed by atoms with Crippen LogP contribution in [0.3, 0.4) is 0 Å². The van der Waals surface area contributed by atoms with E-state index in [4.69, 9.17) is 0 Å². The number of anilines is 1. The third kappa shape index (κ3) is 1.82. The molecule has 0 aliphatic carbocycles. The minimum absolute atomic E-state index is 0.567. The molecule has 1 heterocycles. The molecule has 1 nitrogen and oxygen atoms in total. The van der Waals surface area contributed by atoms with Crippen molar-refractivity contribution in [2.45, 2.75) is 18.9 Å². The van der Waals surface area contributed by atoms with Crippen LogP contribution >= 0.6 is 0 Å². The molecular formula is C14H17N. The minimum Gasteiger partial charge on any atom is -0.364 e. The van der Waals surface area contributed by atoms with Gasteiger partial charge in [0.05, 0.1) is 0 Å². The lowest BCUT2D eigenvalue weighted by Crippen LogP contribution is -2.31. The van der Waals surface area contributed by atoms with Crippen LogP contribution in [0, 0.1) is 0 Å². The first-order valence-electron chi connectivity index (χ1n) is 5.43. The second kappa shape index (κ2) is 4.35. The normalized spacial score (nSPS) is 18.7. The van der Waals surface area contributed by atoms with E-state index in [-0.39, 0.29) is 0 Å². The van der Waals surface area contributed by atoms with Gasteiger partial charge in [0.15, 0.2) is 0 Å². The van der Waals surface area contributed by atoms with Crippen molar-refractivity contribution in [2.24, 2.45) is 0 Å². The maximum atomic E-state index is 3.83.